The molecule has 0 radical (unpaired) electrons. The van der Waals surface area contributed by atoms with E-state index in [1.54, 1.807) is 0 Å². The molecule has 0 aliphatic carbocycles. The predicted octanol–water partition coefficient (Wildman–Crippen LogP) is 3.42. The molecule has 22 heavy (non-hydrogen) atoms. The Morgan fingerprint density at radius 2 is 1.68 bits per heavy atom. The number of carbonyl (C=O) groups excluding carboxylic acids is 1. The Morgan fingerprint density at radius 3 is 2.32 bits per heavy atom. The fourth-order valence-corrected chi connectivity index (χ4v) is 2.21. The van der Waals surface area contributed by atoms with Gasteiger partial charge in [0.05, 0.1) is 6.42 Å². The van der Waals surface area contributed by atoms with E-state index in [0.717, 1.165) is 11.1 Å². The Hall–Kier alpha value is -2.20. The van der Waals surface area contributed by atoms with Crippen molar-refractivity contribution in [1.29, 1.82) is 0 Å². The summed E-state index contributed by atoms with van der Waals surface area (Å²) >= 11 is 0. The third-order valence-electron chi connectivity index (χ3n) is 3.31. The maximum Gasteiger partial charge on any atom is 0.307 e. The van der Waals surface area contributed by atoms with Gasteiger partial charge in [0.2, 0.25) is 0 Å². The Bertz CT molecular complexity index is 560. The van der Waals surface area contributed by atoms with Crippen LogP contribution in [-0.4, -0.2) is 19.3 Å². The number of ether oxygens (including phenoxy) is 1. The third-order valence-corrected chi connectivity index (χ3v) is 3.31. The zero-order chi connectivity index (χ0) is 15.6. The van der Waals surface area contributed by atoms with Gasteiger partial charge in [0.1, 0.15) is 13.3 Å². The van der Waals surface area contributed by atoms with Gasteiger partial charge < -0.3 is 10.1 Å². The standard InChI is InChI=1S/C18H20FNO2/c19-11-12-22-18(21)13-17(16-9-5-2-6-10-16)20-14-15-7-3-1-4-8-15/h1-10,17,20H,11-14H2. The van der Waals surface area contributed by atoms with Crippen LogP contribution in [0.25, 0.3) is 0 Å². The molecule has 116 valence electrons. The summed E-state index contributed by atoms with van der Waals surface area (Å²) < 4.78 is 16.9. The first kappa shape index (κ1) is 16.2. The first-order valence-corrected chi connectivity index (χ1v) is 7.33. The zero-order valence-corrected chi connectivity index (χ0v) is 12.4. The van der Waals surface area contributed by atoms with Crippen molar-refractivity contribution in [3.63, 3.8) is 0 Å². The van der Waals surface area contributed by atoms with Crippen molar-refractivity contribution in [2.75, 3.05) is 13.3 Å². The topological polar surface area (TPSA) is 38.3 Å². The SMILES string of the molecule is O=C(CC(NCc1ccccc1)c1ccccc1)OCCF. The Kier molecular flexibility index (Phi) is 6.58. The molecule has 1 unspecified atom stereocenters. The summed E-state index contributed by atoms with van der Waals surface area (Å²) in [5.74, 6) is -0.396. The summed E-state index contributed by atoms with van der Waals surface area (Å²) in [5.41, 5.74) is 2.15. The lowest BCUT2D eigenvalue weighted by atomic mass is 10.0. The highest BCUT2D eigenvalue weighted by Crippen LogP contribution is 2.18. The molecule has 0 amide bonds. The second kappa shape index (κ2) is 8.95. The predicted molar refractivity (Wildman–Crippen MR) is 84.0 cm³/mol. The highest BCUT2D eigenvalue weighted by Gasteiger charge is 2.16. The van der Waals surface area contributed by atoms with E-state index < -0.39 is 12.6 Å². The van der Waals surface area contributed by atoms with Gasteiger partial charge in [-0.25, -0.2) is 4.39 Å². The minimum atomic E-state index is -0.654. The van der Waals surface area contributed by atoms with Gasteiger partial charge in [-0.2, -0.15) is 0 Å². The molecule has 1 atom stereocenters. The Morgan fingerprint density at radius 1 is 1.05 bits per heavy atom. The van der Waals surface area contributed by atoms with Crippen molar-refractivity contribution in [3.05, 3.63) is 71.8 Å². The van der Waals surface area contributed by atoms with Crippen molar-refractivity contribution < 1.29 is 13.9 Å². The molecule has 0 spiro atoms. The maximum atomic E-state index is 12.1. The lowest BCUT2D eigenvalue weighted by molar-refractivity contribution is -0.144. The number of nitrogens with one attached hydrogen (secondary N) is 1. The number of hydrogen-bond donors (Lipinski definition) is 1. The number of rotatable bonds is 8. The van der Waals surface area contributed by atoms with Crippen LogP contribution in [0.3, 0.4) is 0 Å². The molecule has 3 nitrogen and oxygen atoms in total. The highest BCUT2D eigenvalue weighted by atomic mass is 19.1. The van der Waals surface area contributed by atoms with Gasteiger partial charge in [0.15, 0.2) is 0 Å². The van der Waals surface area contributed by atoms with Gasteiger partial charge in [-0.3, -0.25) is 4.79 Å². The molecule has 0 saturated heterocycles. The van der Waals surface area contributed by atoms with Crippen LogP contribution in [0.5, 0.6) is 0 Å². The average molecular weight is 301 g/mol. The molecule has 1 N–H and O–H groups in total. The van der Waals surface area contributed by atoms with Crippen LogP contribution in [0.2, 0.25) is 0 Å². The number of esters is 1. The normalized spacial score (nSPS) is 11.9. The average Bonchev–Trinajstić information content (AvgIpc) is 2.58. The summed E-state index contributed by atoms with van der Waals surface area (Å²) in [6.07, 6.45) is 0.177. The molecular weight excluding hydrogens is 281 g/mol. The Balaban J connectivity index is 2.00. The van der Waals surface area contributed by atoms with Crippen molar-refractivity contribution in [2.45, 2.75) is 19.0 Å². The first-order valence-electron chi connectivity index (χ1n) is 7.33. The molecule has 2 aromatic carbocycles. The van der Waals surface area contributed by atoms with E-state index in [1.165, 1.54) is 0 Å². The van der Waals surface area contributed by atoms with Gasteiger partial charge in [-0.15, -0.1) is 0 Å². The van der Waals surface area contributed by atoms with E-state index in [-0.39, 0.29) is 19.1 Å². The molecule has 2 aromatic rings. The van der Waals surface area contributed by atoms with Crippen LogP contribution in [0.4, 0.5) is 4.39 Å². The van der Waals surface area contributed by atoms with Crippen LogP contribution < -0.4 is 5.32 Å². The van der Waals surface area contributed by atoms with Gasteiger partial charge in [0, 0.05) is 12.6 Å². The summed E-state index contributed by atoms with van der Waals surface area (Å²) in [6, 6.07) is 19.5. The molecular formula is C18H20FNO2. The number of hydrogen-bond acceptors (Lipinski definition) is 3. The second-order valence-corrected chi connectivity index (χ2v) is 4.94. The molecule has 0 saturated carbocycles. The number of carbonyl (C=O) groups is 1. The van der Waals surface area contributed by atoms with E-state index in [9.17, 15) is 9.18 Å². The molecule has 0 aliphatic rings. The summed E-state index contributed by atoms with van der Waals surface area (Å²) in [7, 11) is 0. The Labute approximate surface area is 130 Å². The van der Waals surface area contributed by atoms with Crippen LogP contribution in [0.15, 0.2) is 60.7 Å². The van der Waals surface area contributed by atoms with Crippen molar-refractivity contribution >= 4 is 5.97 Å². The number of halogens is 1. The molecule has 0 aromatic heterocycles. The minimum Gasteiger partial charge on any atom is -0.463 e. The molecule has 0 fully saturated rings. The van der Waals surface area contributed by atoms with Crippen molar-refractivity contribution in [2.24, 2.45) is 0 Å². The van der Waals surface area contributed by atoms with Gasteiger partial charge in [0.25, 0.3) is 0 Å². The van der Waals surface area contributed by atoms with E-state index in [0.29, 0.717) is 6.54 Å². The second-order valence-electron chi connectivity index (χ2n) is 4.94. The summed E-state index contributed by atoms with van der Waals surface area (Å²) in [5, 5.41) is 3.37. The van der Waals surface area contributed by atoms with Crippen LogP contribution >= 0.6 is 0 Å². The summed E-state index contributed by atoms with van der Waals surface area (Å²) in [4.78, 5) is 11.8. The van der Waals surface area contributed by atoms with Crippen LogP contribution in [0, 0.1) is 0 Å². The lowest BCUT2D eigenvalue weighted by Gasteiger charge is -2.18. The van der Waals surface area contributed by atoms with E-state index in [4.69, 9.17) is 4.74 Å². The highest BCUT2D eigenvalue weighted by molar-refractivity contribution is 5.70. The van der Waals surface area contributed by atoms with Crippen LogP contribution in [0.1, 0.15) is 23.6 Å². The van der Waals surface area contributed by atoms with E-state index in [1.807, 2.05) is 60.7 Å². The lowest BCUT2D eigenvalue weighted by Crippen LogP contribution is -2.24. The molecule has 0 bridgehead atoms. The van der Waals surface area contributed by atoms with Crippen molar-refractivity contribution in [1.82, 2.24) is 5.32 Å². The molecule has 4 heteroatoms. The van der Waals surface area contributed by atoms with Gasteiger partial charge in [-0.05, 0) is 11.1 Å². The van der Waals surface area contributed by atoms with E-state index in [2.05, 4.69) is 5.32 Å². The van der Waals surface area contributed by atoms with Gasteiger partial charge >= 0.3 is 5.97 Å². The van der Waals surface area contributed by atoms with Crippen molar-refractivity contribution in [3.8, 4) is 0 Å². The number of benzene rings is 2. The largest absolute Gasteiger partial charge is 0.463 e. The third kappa shape index (κ3) is 5.30. The monoisotopic (exact) mass is 301 g/mol. The first-order chi connectivity index (χ1) is 10.8. The van der Waals surface area contributed by atoms with Gasteiger partial charge in [-0.1, -0.05) is 60.7 Å². The zero-order valence-electron chi connectivity index (χ0n) is 12.4. The maximum absolute atomic E-state index is 12.1. The fraction of sp³-hybridized carbons (Fsp3) is 0.278. The molecule has 2 rings (SSSR count). The summed E-state index contributed by atoms with van der Waals surface area (Å²) in [6.45, 7) is -0.186. The van der Waals surface area contributed by atoms with E-state index >= 15 is 0 Å². The minimum absolute atomic E-state index is 0.159. The number of alkyl halides is 1. The quantitative estimate of drug-likeness (QED) is 0.759. The molecule has 0 aliphatic heterocycles. The van der Waals surface area contributed by atoms with Crippen LogP contribution in [-0.2, 0) is 16.1 Å². The fourth-order valence-electron chi connectivity index (χ4n) is 2.21. The molecule has 0 heterocycles. The smallest absolute Gasteiger partial charge is 0.307 e.